The molecule has 35 heavy (non-hydrogen) atoms. The van der Waals surface area contributed by atoms with Crippen LogP contribution in [0.4, 0.5) is 0 Å². The Morgan fingerprint density at radius 1 is 0.686 bits per heavy atom. The number of methoxy groups -OCH3 is 2. The second-order valence-electron chi connectivity index (χ2n) is 8.28. The Morgan fingerprint density at radius 3 is 1.77 bits per heavy atom. The molecule has 0 aliphatic carbocycles. The highest BCUT2D eigenvalue weighted by atomic mass is 16.5. The van der Waals surface area contributed by atoms with Gasteiger partial charge >= 0.3 is 0 Å². The molecule has 1 aliphatic rings. The quantitative estimate of drug-likeness (QED) is 0.248. The first-order chi connectivity index (χ1) is 17.2. The van der Waals surface area contributed by atoms with Gasteiger partial charge in [0.15, 0.2) is 12.0 Å². The first kappa shape index (κ1) is 22.7. The van der Waals surface area contributed by atoms with E-state index in [-0.39, 0.29) is 11.6 Å². The van der Waals surface area contributed by atoms with Gasteiger partial charge in [-0.15, -0.1) is 0 Å². The summed E-state index contributed by atoms with van der Waals surface area (Å²) >= 11 is 0. The third kappa shape index (κ3) is 3.95. The summed E-state index contributed by atoms with van der Waals surface area (Å²) in [5, 5.41) is 0. The van der Waals surface area contributed by atoms with E-state index in [1.54, 1.807) is 38.5 Å². The van der Waals surface area contributed by atoms with Crippen LogP contribution in [0, 0.1) is 0 Å². The number of fused-ring (bicyclic) bond motifs is 1. The predicted molar refractivity (Wildman–Crippen MR) is 135 cm³/mol. The van der Waals surface area contributed by atoms with Crippen LogP contribution >= 0.6 is 0 Å². The van der Waals surface area contributed by atoms with Gasteiger partial charge in [0, 0.05) is 30.9 Å². The van der Waals surface area contributed by atoms with Gasteiger partial charge in [0.2, 0.25) is 5.78 Å². The zero-order valence-electron chi connectivity index (χ0n) is 19.5. The predicted octanol–water partition coefficient (Wildman–Crippen LogP) is 6.02. The van der Waals surface area contributed by atoms with Crippen LogP contribution in [-0.2, 0) is 9.47 Å². The summed E-state index contributed by atoms with van der Waals surface area (Å²) in [6.45, 7) is 0. The highest BCUT2D eigenvalue weighted by molar-refractivity contribution is 6.20. The third-order valence-corrected chi connectivity index (χ3v) is 6.29. The minimum absolute atomic E-state index is 0.174. The fourth-order valence-electron chi connectivity index (χ4n) is 4.70. The summed E-state index contributed by atoms with van der Waals surface area (Å²) in [6, 6.07) is 27.8. The van der Waals surface area contributed by atoms with Crippen molar-refractivity contribution < 1.29 is 19.1 Å². The van der Waals surface area contributed by atoms with Crippen molar-refractivity contribution in [2.45, 2.75) is 12.3 Å². The highest BCUT2D eigenvalue weighted by Gasteiger charge is 2.38. The van der Waals surface area contributed by atoms with Crippen molar-refractivity contribution in [1.29, 1.82) is 0 Å². The van der Waals surface area contributed by atoms with Crippen LogP contribution in [0.2, 0.25) is 0 Å². The van der Waals surface area contributed by atoms with E-state index in [4.69, 9.17) is 9.47 Å². The maximum Gasteiger partial charge on any atom is 0.210 e. The summed E-state index contributed by atoms with van der Waals surface area (Å²) in [5.41, 5.74) is 3.87. The minimum Gasteiger partial charge on any atom is -0.371 e. The van der Waals surface area contributed by atoms with Crippen molar-refractivity contribution in [3.05, 3.63) is 131 Å². The van der Waals surface area contributed by atoms with E-state index in [0.29, 0.717) is 33.6 Å². The molecule has 0 unspecified atom stereocenters. The van der Waals surface area contributed by atoms with E-state index < -0.39 is 12.3 Å². The maximum absolute atomic E-state index is 14.1. The van der Waals surface area contributed by atoms with E-state index in [1.807, 2.05) is 83.4 Å². The number of hydrogen-bond donors (Lipinski definition) is 0. The average Bonchev–Trinajstić information content (AvgIpc) is 3.29. The monoisotopic (exact) mass is 463 g/mol. The zero-order valence-corrected chi connectivity index (χ0v) is 19.5. The van der Waals surface area contributed by atoms with Crippen LogP contribution in [0.15, 0.2) is 103 Å². The number of nitrogens with zero attached hydrogens (tertiary/aromatic N) is 1. The van der Waals surface area contributed by atoms with Crippen molar-refractivity contribution in [3.8, 4) is 11.1 Å². The molecule has 4 aromatic rings. The molecule has 1 aromatic heterocycles. The fourth-order valence-corrected chi connectivity index (χ4v) is 4.70. The summed E-state index contributed by atoms with van der Waals surface area (Å²) in [7, 11) is 3.18. The molecule has 5 nitrogen and oxygen atoms in total. The molecule has 0 radical (unpaired) electrons. The summed E-state index contributed by atoms with van der Waals surface area (Å²) in [4.78, 5) is 28.2. The number of benzene rings is 3. The fraction of sp³-hybridized carbons (Fsp3) is 0.133. The number of rotatable bonds is 7. The molecule has 5 rings (SSSR count). The lowest BCUT2D eigenvalue weighted by Gasteiger charge is -2.27. The first-order valence-electron chi connectivity index (χ1n) is 11.4. The average molecular weight is 464 g/mol. The lowest BCUT2D eigenvalue weighted by Crippen LogP contribution is -2.24. The Kier molecular flexibility index (Phi) is 6.27. The lowest BCUT2D eigenvalue weighted by molar-refractivity contribution is 0.0552. The van der Waals surface area contributed by atoms with E-state index in [9.17, 15) is 9.59 Å². The molecule has 0 saturated heterocycles. The van der Waals surface area contributed by atoms with Gasteiger partial charge in [-0.2, -0.15) is 0 Å². The molecule has 0 N–H and O–H groups in total. The molecular formula is C30H25NO4. The van der Waals surface area contributed by atoms with Crippen LogP contribution < -0.4 is 0 Å². The molecule has 0 fully saturated rings. The molecular weight excluding hydrogens is 438 g/mol. The summed E-state index contributed by atoms with van der Waals surface area (Å²) in [6.07, 6.45) is 2.63. The van der Waals surface area contributed by atoms with Gasteiger partial charge in [-0.25, -0.2) is 0 Å². The van der Waals surface area contributed by atoms with E-state index in [1.165, 1.54) is 0 Å². The topological polar surface area (TPSA) is 57.5 Å². The molecule has 0 amide bonds. The molecule has 5 heteroatoms. The molecule has 3 aromatic carbocycles. The Hall–Kier alpha value is -4.06. The molecule has 2 heterocycles. The second-order valence-corrected chi connectivity index (χ2v) is 8.28. The standard InChI is InChI=1S/C30H25NO4/c1-34-23-18-19-24(35-2)31-27(23)26(29(32)21-14-8-4-9-15-21)25(20-12-6-3-7-13-20)28(31)30(33)22-16-10-5-11-17-22/h3-19,23-24H,1-2H3/t23-,24-/m1/s1. The normalized spacial score (nSPS) is 16.6. The van der Waals surface area contributed by atoms with Crippen LogP contribution in [0.1, 0.15) is 50.0 Å². The van der Waals surface area contributed by atoms with E-state index in [0.717, 1.165) is 5.56 Å². The Balaban J connectivity index is 1.90. The van der Waals surface area contributed by atoms with Gasteiger partial charge in [-0.3, -0.25) is 9.59 Å². The Labute approximate surface area is 204 Å². The van der Waals surface area contributed by atoms with Gasteiger partial charge in [0.25, 0.3) is 0 Å². The highest BCUT2D eigenvalue weighted by Crippen LogP contribution is 2.43. The number of ether oxygens (including phenoxy) is 2. The zero-order chi connectivity index (χ0) is 24.4. The SMILES string of the molecule is CO[C@@H]1C=C[C@@H](OC)n2c(C(=O)c3ccccc3)c(-c3ccccc3)c(C(=O)c3ccccc3)c21. The molecule has 2 atom stereocenters. The van der Waals surface area contributed by atoms with E-state index in [2.05, 4.69) is 0 Å². The molecule has 174 valence electrons. The van der Waals surface area contributed by atoms with Crippen LogP contribution in [0.3, 0.4) is 0 Å². The smallest absolute Gasteiger partial charge is 0.210 e. The third-order valence-electron chi connectivity index (χ3n) is 6.29. The maximum atomic E-state index is 14.1. The van der Waals surface area contributed by atoms with Gasteiger partial charge in [0.05, 0.1) is 11.3 Å². The first-order valence-corrected chi connectivity index (χ1v) is 11.4. The molecule has 1 aliphatic heterocycles. The van der Waals surface area contributed by atoms with Gasteiger partial charge in [-0.05, 0) is 17.7 Å². The number of hydrogen-bond acceptors (Lipinski definition) is 4. The Bertz CT molecular complexity index is 1300. The Morgan fingerprint density at radius 2 is 1.23 bits per heavy atom. The summed E-state index contributed by atoms with van der Waals surface area (Å²) < 4.78 is 13.4. The number of carbonyl (C=O) groups is 2. The molecule has 0 spiro atoms. The van der Waals surface area contributed by atoms with Crippen molar-refractivity contribution >= 4 is 11.6 Å². The van der Waals surface area contributed by atoms with Crippen LogP contribution in [0.5, 0.6) is 0 Å². The van der Waals surface area contributed by atoms with Crippen molar-refractivity contribution in [1.82, 2.24) is 4.57 Å². The second kappa shape index (κ2) is 9.66. The largest absolute Gasteiger partial charge is 0.371 e. The van der Waals surface area contributed by atoms with Gasteiger partial charge in [0.1, 0.15) is 11.8 Å². The van der Waals surface area contributed by atoms with Crippen molar-refractivity contribution in [3.63, 3.8) is 0 Å². The van der Waals surface area contributed by atoms with Gasteiger partial charge < -0.3 is 14.0 Å². The number of ketones is 2. The van der Waals surface area contributed by atoms with Crippen molar-refractivity contribution in [2.75, 3.05) is 14.2 Å². The molecule has 0 saturated carbocycles. The van der Waals surface area contributed by atoms with Gasteiger partial charge in [-0.1, -0.05) is 91.0 Å². The number of aromatic nitrogens is 1. The van der Waals surface area contributed by atoms with E-state index >= 15 is 0 Å². The summed E-state index contributed by atoms with van der Waals surface area (Å²) in [5.74, 6) is -0.363. The van der Waals surface area contributed by atoms with Crippen LogP contribution in [-0.4, -0.2) is 30.4 Å². The van der Waals surface area contributed by atoms with Crippen molar-refractivity contribution in [2.24, 2.45) is 0 Å². The van der Waals surface area contributed by atoms with Crippen LogP contribution in [0.25, 0.3) is 11.1 Å². The lowest BCUT2D eigenvalue weighted by atomic mass is 9.91. The molecule has 0 bridgehead atoms. The minimum atomic E-state index is -0.571. The number of carbonyl (C=O) groups excluding carboxylic acids is 2.